The van der Waals surface area contributed by atoms with E-state index < -0.39 is 15.9 Å². The topological polar surface area (TPSA) is 124 Å². The number of nitrogens with zero attached hydrogens (tertiary/aromatic N) is 3. The van der Waals surface area contributed by atoms with Gasteiger partial charge in [-0.05, 0) is 60.7 Å². The van der Waals surface area contributed by atoms with Crippen LogP contribution in [0.3, 0.4) is 0 Å². The van der Waals surface area contributed by atoms with Gasteiger partial charge in [0, 0.05) is 30.0 Å². The van der Waals surface area contributed by atoms with Crippen LogP contribution in [0.25, 0.3) is 5.82 Å². The summed E-state index contributed by atoms with van der Waals surface area (Å²) >= 11 is 0. The Morgan fingerprint density at radius 3 is 2.35 bits per heavy atom. The van der Waals surface area contributed by atoms with Gasteiger partial charge in [0.2, 0.25) is 0 Å². The van der Waals surface area contributed by atoms with Gasteiger partial charge < -0.3 is 14.8 Å². The zero-order valence-corrected chi connectivity index (χ0v) is 19.1. The molecule has 0 unspecified atom stereocenters. The number of aromatic nitrogens is 3. The fourth-order valence-electron chi connectivity index (χ4n) is 3.10. The molecule has 1 amide bonds. The predicted molar refractivity (Wildman–Crippen MR) is 126 cm³/mol. The van der Waals surface area contributed by atoms with E-state index in [0.717, 1.165) is 0 Å². The summed E-state index contributed by atoms with van der Waals surface area (Å²) in [7, 11) is -1.13. The van der Waals surface area contributed by atoms with Crippen LogP contribution in [0.1, 0.15) is 10.4 Å². The average Bonchev–Trinajstić information content (AvgIpc) is 3.39. The Morgan fingerprint density at radius 1 is 0.971 bits per heavy atom. The first-order valence-corrected chi connectivity index (χ1v) is 11.5. The van der Waals surface area contributed by atoms with Crippen LogP contribution in [0, 0.1) is 0 Å². The number of pyridine rings is 1. The minimum atomic E-state index is -4.02. The molecule has 4 aromatic rings. The van der Waals surface area contributed by atoms with Gasteiger partial charge in [-0.1, -0.05) is 0 Å². The maximum Gasteiger partial charge on any atom is 0.265 e. The smallest absolute Gasteiger partial charge is 0.265 e. The van der Waals surface area contributed by atoms with Crippen LogP contribution in [-0.4, -0.2) is 43.3 Å². The van der Waals surface area contributed by atoms with E-state index in [1.165, 1.54) is 32.5 Å². The molecule has 0 saturated carbocycles. The lowest BCUT2D eigenvalue weighted by molar-refractivity contribution is 0.102. The number of anilines is 2. The van der Waals surface area contributed by atoms with Crippen LogP contribution in [0.15, 0.2) is 84.1 Å². The quantitative estimate of drug-likeness (QED) is 0.397. The van der Waals surface area contributed by atoms with Gasteiger partial charge in [-0.3, -0.25) is 9.52 Å². The first-order chi connectivity index (χ1) is 16.4. The van der Waals surface area contributed by atoms with Crippen molar-refractivity contribution in [1.82, 2.24) is 14.8 Å². The van der Waals surface area contributed by atoms with Crippen LogP contribution in [0.2, 0.25) is 0 Å². The summed E-state index contributed by atoms with van der Waals surface area (Å²) in [5.74, 6) is 0.835. The second-order valence-electron chi connectivity index (χ2n) is 7.01. The maximum atomic E-state index is 13.0. The summed E-state index contributed by atoms with van der Waals surface area (Å²) in [6.07, 6.45) is 4.78. The number of carbonyl (C=O) groups is 1. The van der Waals surface area contributed by atoms with E-state index in [4.69, 9.17) is 9.47 Å². The molecule has 34 heavy (non-hydrogen) atoms. The van der Waals surface area contributed by atoms with Crippen molar-refractivity contribution in [2.75, 3.05) is 24.3 Å². The molecule has 0 aliphatic rings. The van der Waals surface area contributed by atoms with Gasteiger partial charge in [-0.25, -0.2) is 18.1 Å². The van der Waals surface area contributed by atoms with Gasteiger partial charge in [-0.2, -0.15) is 5.10 Å². The number of hydrogen-bond donors (Lipinski definition) is 2. The predicted octanol–water partition coefficient (Wildman–Crippen LogP) is 3.34. The Morgan fingerprint density at radius 2 is 1.74 bits per heavy atom. The molecule has 0 aliphatic heterocycles. The number of amides is 1. The third-order valence-electron chi connectivity index (χ3n) is 4.80. The lowest BCUT2D eigenvalue weighted by atomic mass is 10.2. The van der Waals surface area contributed by atoms with Crippen molar-refractivity contribution in [2.24, 2.45) is 0 Å². The normalized spacial score (nSPS) is 11.0. The third kappa shape index (κ3) is 4.99. The van der Waals surface area contributed by atoms with E-state index in [1.807, 2.05) is 0 Å². The van der Waals surface area contributed by atoms with Crippen LogP contribution in [0.4, 0.5) is 11.4 Å². The second kappa shape index (κ2) is 9.63. The van der Waals surface area contributed by atoms with Crippen molar-refractivity contribution in [2.45, 2.75) is 4.90 Å². The molecule has 0 fully saturated rings. The Kier molecular flexibility index (Phi) is 6.46. The van der Waals surface area contributed by atoms with Gasteiger partial charge in [0.1, 0.15) is 16.4 Å². The van der Waals surface area contributed by atoms with Crippen LogP contribution < -0.4 is 19.5 Å². The van der Waals surface area contributed by atoms with Crippen molar-refractivity contribution < 1.29 is 22.7 Å². The average molecular weight is 480 g/mol. The number of nitrogens with one attached hydrogen (secondary N) is 2. The largest absolute Gasteiger partial charge is 0.497 e. The van der Waals surface area contributed by atoms with E-state index in [9.17, 15) is 13.2 Å². The highest BCUT2D eigenvalue weighted by atomic mass is 32.2. The van der Waals surface area contributed by atoms with E-state index >= 15 is 0 Å². The Hall–Kier alpha value is -4.38. The van der Waals surface area contributed by atoms with Gasteiger partial charge in [0.05, 0.1) is 19.8 Å². The molecule has 174 valence electrons. The highest BCUT2D eigenvalue weighted by Gasteiger charge is 2.21. The SMILES string of the molecule is COc1ccc(NS(=O)(=O)c2cc(NC(=O)c3ccc(-n4cccn4)nc3)ccc2OC)cc1. The number of benzene rings is 2. The van der Waals surface area contributed by atoms with Crippen LogP contribution in [-0.2, 0) is 10.0 Å². The molecular formula is C23H21N5O5S. The van der Waals surface area contributed by atoms with Crippen molar-refractivity contribution in [3.8, 4) is 17.3 Å². The second-order valence-corrected chi connectivity index (χ2v) is 8.66. The summed E-state index contributed by atoms with van der Waals surface area (Å²) < 4.78 is 40.5. The van der Waals surface area contributed by atoms with Gasteiger partial charge in [0.15, 0.2) is 5.82 Å². The highest BCUT2D eigenvalue weighted by molar-refractivity contribution is 7.92. The van der Waals surface area contributed by atoms with Crippen LogP contribution >= 0.6 is 0 Å². The van der Waals surface area contributed by atoms with E-state index in [-0.39, 0.29) is 16.3 Å². The fraction of sp³-hybridized carbons (Fsp3) is 0.0870. The molecule has 4 rings (SSSR count). The molecule has 0 bridgehead atoms. The monoisotopic (exact) mass is 479 g/mol. The molecule has 2 aromatic carbocycles. The molecule has 0 spiro atoms. The molecule has 2 heterocycles. The van der Waals surface area contributed by atoms with Crippen molar-refractivity contribution in [3.63, 3.8) is 0 Å². The van der Waals surface area contributed by atoms with Crippen molar-refractivity contribution in [1.29, 1.82) is 0 Å². The van der Waals surface area contributed by atoms with E-state index in [1.54, 1.807) is 65.6 Å². The summed E-state index contributed by atoms with van der Waals surface area (Å²) in [5.41, 5.74) is 0.921. The van der Waals surface area contributed by atoms with Crippen molar-refractivity contribution >= 4 is 27.3 Å². The number of hydrogen-bond acceptors (Lipinski definition) is 7. The zero-order valence-electron chi connectivity index (χ0n) is 18.3. The van der Waals surface area contributed by atoms with Gasteiger partial charge in [0.25, 0.3) is 15.9 Å². The number of methoxy groups -OCH3 is 2. The lowest BCUT2D eigenvalue weighted by Crippen LogP contribution is -2.16. The Labute approximate surface area is 196 Å². The summed E-state index contributed by atoms with van der Waals surface area (Å²) in [4.78, 5) is 16.8. The molecule has 2 aromatic heterocycles. The van der Waals surface area contributed by atoms with Crippen molar-refractivity contribution in [3.05, 3.63) is 84.8 Å². The van der Waals surface area contributed by atoms with E-state index in [0.29, 0.717) is 22.8 Å². The zero-order chi connectivity index (χ0) is 24.1. The molecule has 0 radical (unpaired) electrons. The Bertz CT molecular complexity index is 1390. The minimum Gasteiger partial charge on any atom is -0.497 e. The number of ether oxygens (including phenoxy) is 2. The number of sulfonamides is 1. The first-order valence-electron chi connectivity index (χ1n) is 10.0. The van der Waals surface area contributed by atoms with Gasteiger partial charge in [-0.15, -0.1) is 0 Å². The standard InChI is InChI=1S/C23H21N5O5S/c1-32-19-8-5-17(6-9-19)27-34(30,31)21-14-18(7-10-20(21)33-2)26-23(29)16-4-11-22(24-15-16)28-13-3-12-25-28/h3-15,27H,1-2H3,(H,26,29). The molecule has 11 heteroatoms. The Balaban J connectivity index is 1.54. The number of rotatable bonds is 8. The maximum absolute atomic E-state index is 13.0. The number of carbonyl (C=O) groups excluding carboxylic acids is 1. The molecule has 0 aliphatic carbocycles. The summed E-state index contributed by atoms with van der Waals surface area (Å²) in [5, 5.41) is 6.78. The molecule has 0 atom stereocenters. The summed E-state index contributed by atoms with van der Waals surface area (Å²) in [6.45, 7) is 0. The fourth-order valence-corrected chi connectivity index (χ4v) is 4.35. The molecule has 0 saturated heterocycles. The molecular weight excluding hydrogens is 458 g/mol. The molecule has 2 N–H and O–H groups in total. The molecule has 10 nitrogen and oxygen atoms in total. The van der Waals surface area contributed by atoms with Gasteiger partial charge >= 0.3 is 0 Å². The van der Waals surface area contributed by atoms with E-state index in [2.05, 4.69) is 20.1 Å². The summed E-state index contributed by atoms with van der Waals surface area (Å²) in [6, 6.07) is 15.8. The highest BCUT2D eigenvalue weighted by Crippen LogP contribution is 2.29. The third-order valence-corrected chi connectivity index (χ3v) is 6.20. The van der Waals surface area contributed by atoms with Crippen LogP contribution in [0.5, 0.6) is 11.5 Å². The minimum absolute atomic E-state index is 0.129. The lowest BCUT2D eigenvalue weighted by Gasteiger charge is -2.14. The first kappa shape index (κ1) is 22.8.